The van der Waals surface area contributed by atoms with E-state index in [-0.39, 0.29) is 18.0 Å². The molecule has 0 fully saturated rings. The number of fused-ring (bicyclic) bond motifs is 1. The maximum Gasteiger partial charge on any atom is 0.339 e. The maximum absolute atomic E-state index is 12.8. The number of nitrogens with one attached hydrogen (secondary N) is 1. The highest BCUT2D eigenvalue weighted by Crippen LogP contribution is 2.31. The fourth-order valence-electron chi connectivity index (χ4n) is 3.75. The Morgan fingerprint density at radius 1 is 0.897 bits per heavy atom. The van der Waals surface area contributed by atoms with Crippen LogP contribution in [0, 0.1) is 20.8 Å². The Morgan fingerprint density at radius 3 is 2.28 bits per heavy atom. The van der Waals surface area contributed by atoms with Crippen molar-refractivity contribution in [1.29, 1.82) is 0 Å². The van der Waals surface area contributed by atoms with Crippen LogP contribution in [0.15, 0.2) is 60.7 Å². The summed E-state index contributed by atoms with van der Waals surface area (Å²) in [5, 5.41) is 2.95. The third kappa shape index (κ3) is 4.06. The average molecular weight is 385 g/mol. The highest BCUT2D eigenvalue weighted by atomic mass is 16.5. The zero-order valence-electron chi connectivity index (χ0n) is 16.8. The van der Waals surface area contributed by atoms with E-state index in [1.54, 1.807) is 18.2 Å². The first-order chi connectivity index (χ1) is 13.9. The molecule has 0 spiro atoms. The predicted octanol–water partition coefficient (Wildman–Crippen LogP) is 5.32. The molecule has 29 heavy (non-hydrogen) atoms. The first kappa shape index (κ1) is 18.9. The molecule has 146 valence electrons. The van der Waals surface area contributed by atoms with Crippen LogP contribution in [0.2, 0.25) is 0 Å². The summed E-state index contributed by atoms with van der Waals surface area (Å²) < 4.78 is 5.62. The number of hydrogen-bond donors (Lipinski definition) is 1. The lowest BCUT2D eigenvalue weighted by Crippen LogP contribution is -2.23. The minimum absolute atomic E-state index is 0.191. The Hall–Kier alpha value is -3.40. The van der Waals surface area contributed by atoms with Gasteiger partial charge < -0.3 is 10.1 Å². The van der Waals surface area contributed by atoms with Crippen molar-refractivity contribution in [2.75, 3.05) is 5.32 Å². The number of hydrogen-bond acceptors (Lipinski definition) is 3. The predicted molar refractivity (Wildman–Crippen MR) is 113 cm³/mol. The molecule has 0 aliphatic carbocycles. The molecule has 3 aromatic rings. The van der Waals surface area contributed by atoms with Crippen molar-refractivity contribution in [2.24, 2.45) is 0 Å². The monoisotopic (exact) mass is 385 g/mol. The first-order valence-electron chi connectivity index (χ1n) is 9.69. The van der Waals surface area contributed by atoms with Crippen molar-refractivity contribution in [3.8, 4) is 0 Å². The van der Waals surface area contributed by atoms with E-state index in [9.17, 15) is 9.59 Å². The molecule has 0 radical (unpaired) electrons. The summed E-state index contributed by atoms with van der Waals surface area (Å²) >= 11 is 0. The largest absolute Gasteiger partial charge is 0.454 e. The minimum Gasteiger partial charge on any atom is -0.454 e. The number of ether oxygens (including phenoxy) is 1. The number of carbonyl (C=O) groups is 2. The van der Waals surface area contributed by atoms with E-state index in [0.29, 0.717) is 17.5 Å². The van der Waals surface area contributed by atoms with Gasteiger partial charge in [0.1, 0.15) is 6.10 Å². The SMILES string of the molecule is Cc1ccc([C@H]2Cc3cc(C(=O)Nc4cc(C)cc(C)c4)ccc3C(=O)O2)cc1. The smallest absolute Gasteiger partial charge is 0.339 e. The fourth-order valence-corrected chi connectivity index (χ4v) is 3.75. The molecular weight excluding hydrogens is 362 g/mol. The van der Waals surface area contributed by atoms with Crippen LogP contribution in [0.1, 0.15) is 54.6 Å². The zero-order valence-corrected chi connectivity index (χ0v) is 16.8. The van der Waals surface area contributed by atoms with Gasteiger partial charge in [0, 0.05) is 17.7 Å². The number of aryl methyl sites for hydroxylation is 3. The third-order valence-corrected chi connectivity index (χ3v) is 5.17. The summed E-state index contributed by atoms with van der Waals surface area (Å²) in [4.78, 5) is 25.2. The van der Waals surface area contributed by atoms with Crippen molar-refractivity contribution in [1.82, 2.24) is 0 Å². The van der Waals surface area contributed by atoms with Crippen molar-refractivity contribution >= 4 is 17.6 Å². The van der Waals surface area contributed by atoms with Gasteiger partial charge in [-0.05, 0) is 73.4 Å². The van der Waals surface area contributed by atoms with Gasteiger partial charge in [-0.15, -0.1) is 0 Å². The van der Waals surface area contributed by atoms with E-state index in [0.717, 1.165) is 33.5 Å². The zero-order chi connectivity index (χ0) is 20.5. The average Bonchev–Trinajstić information content (AvgIpc) is 2.67. The van der Waals surface area contributed by atoms with Gasteiger partial charge in [0.15, 0.2) is 0 Å². The van der Waals surface area contributed by atoms with Crippen molar-refractivity contribution < 1.29 is 14.3 Å². The Bertz CT molecular complexity index is 1080. The van der Waals surface area contributed by atoms with Crippen LogP contribution in [0.25, 0.3) is 0 Å². The van der Waals surface area contributed by atoms with E-state index < -0.39 is 0 Å². The van der Waals surface area contributed by atoms with E-state index in [1.807, 2.05) is 57.2 Å². The van der Waals surface area contributed by atoms with E-state index in [4.69, 9.17) is 4.74 Å². The molecule has 1 amide bonds. The second-order valence-electron chi connectivity index (χ2n) is 7.71. The number of esters is 1. The molecule has 0 bridgehead atoms. The summed E-state index contributed by atoms with van der Waals surface area (Å²) in [6.45, 7) is 6.02. The van der Waals surface area contributed by atoms with Gasteiger partial charge in [-0.3, -0.25) is 4.79 Å². The Morgan fingerprint density at radius 2 is 1.59 bits per heavy atom. The van der Waals surface area contributed by atoms with Crippen molar-refractivity contribution in [3.63, 3.8) is 0 Å². The van der Waals surface area contributed by atoms with Crippen LogP contribution in [0.4, 0.5) is 5.69 Å². The van der Waals surface area contributed by atoms with Gasteiger partial charge in [0.2, 0.25) is 0 Å². The first-order valence-corrected chi connectivity index (χ1v) is 9.69. The van der Waals surface area contributed by atoms with Gasteiger partial charge >= 0.3 is 5.97 Å². The van der Waals surface area contributed by atoms with Crippen molar-refractivity contribution in [3.05, 3.63) is 99.6 Å². The van der Waals surface area contributed by atoms with Gasteiger partial charge in [-0.1, -0.05) is 35.9 Å². The molecule has 0 aromatic heterocycles. The van der Waals surface area contributed by atoms with Crippen molar-refractivity contribution in [2.45, 2.75) is 33.3 Å². The minimum atomic E-state index is -0.349. The summed E-state index contributed by atoms with van der Waals surface area (Å²) in [7, 11) is 0. The lowest BCUT2D eigenvalue weighted by Gasteiger charge is -2.25. The lowest BCUT2D eigenvalue weighted by atomic mass is 9.92. The van der Waals surface area contributed by atoms with Crippen LogP contribution in [0.3, 0.4) is 0 Å². The summed E-state index contributed by atoms with van der Waals surface area (Å²) in [6, 6.07) is 19.1. The summed E-state index contributed by atoms with van der Waals surface area (Å²) in [5.74, 6) is -0.540. The molecule has 0 unspecified atom stereocenters. The number of cyclic esters (lactones) is 1. The molecule has 1 aliphatic heterocycles. The molecule has 4 nitrogen and oxygen atoms in total. The van der Waals surface area contributed by atoms with Gasteiger partial charge in [-0.25, -0.2) is 4.79 Å². The number of carbonyl (C=O) groups excluding carboxylic acids is 2. The standard InChI is InChI=1S/C25H23NO3/c1-15-4-6-18(7-5-15)23-14-20-13-19(8-9-22(20)25(28)29-23)24(27)26-21-11-16(2)10-17(3)12-21/h4-13,23H,14H2,1-3H3,(H,26,27)/t23-/m1/s1. The maximum atomic E-state index is 12.8. The fraction of sp³-hybridized carbons (Fsp3) is 0.200. The van der Waals surface area contributed by atoms with Crippen LogP contribution in [0.5, 0.6) is 0 Å². The normalized spacial score (nSPS) is 15.4. The molecule has 1 heterocycles. The van der Waals surface area contributed by atoms with Crippen LogP contribution in [-0.4, -0.2) is 11.9 Å². The van der Waals surface area contributed by atoms with Crippen LogP contribution >= 0.6 is 0 Å². The Balaban J connectivity index is 1.59. The molecule has 4 rings (SSSR count). The molecule has 0 saturated heterocycles. The second kappa shape index (κ2) is 7.55. The Labute approximate surface area is 170 Å². The number of benzene rings is 3. The molecule has 1 atom stereocenters. The van der Waals surface area contributed by atoms with Crippen LogP contribution in [-0.2, 0) is 11.2 Å². The molecule has 1 N–H and O–H groups in total. The highest BCUT2D eigenvalue weighted by Gasteiger charge is 2.28. The van der Waals surface area contributed by atoms with Gasteiger partial charge in [-0.2, -0.15) is 0 Å². The third-order valence-electron chi connectivity index (χ3n) is 5.17. The number of rotatable bonds is 3. The van der Waals surface area contributed by atoms with E-state index in [2.05, 4.69) is 11.4 Å². The van der Waals surface area contributed by atoms with Crippen LogP contribution < -0.4 is 5.32 Å². The summed E-state index contributed by atoms with van der Waals surface area (Å²) in [5.41, 5.74) is 6.95. The lowest BCUT2D eigenvalue weighted by molar-refractivity contribution is 0.0252. The molecule has 1 aliphatic rings. The quantitative estimate of drug-likeness (QED) is 0.621. The highest BCUT2D eigenvalue weighted by molar-refractivity contribution is 6.05. The number of anilines is 1. The number of amides is 1. The summed E-state index contributed by atoms with van der Waals surface area (Å²) in [6.07, 6.45) is 0.211. The second-order valence-corrected chi connectivity index (χ2v) is 7.71. The molecular formula is C25H23NO3. The van der Waals surface area contributed by atoms with Gasteiger partial charge in [0.05, 0.1) is 5.56 Å². The molecule has 4 heteroatoms. The van der Waals surface area contributed by atoms with E-state index >= 15 is 0 Å². The topological polar surface area (TPSA) is 55.4 Å². The Kier molecular flexibility index (Phi) is 4.93. The van der Waals surface area contributed by atoms with Gasteiger partial charge in [0.25, 0.3) is 5.91 Å². The molecule has 0 saturated carbocycles. The van der Waals surface area contributed by atoms with E-state index in [1.165, 1.54) is 0 Å². The molecule has 3 aromatic carbocycles.